The standard InChI is InChI=1S/C35H36Cl2FN3O4S/c1-4-25(3)39-35(43)33(20-26-10-6-5-7-11-26)40(22-27-16-17-28(36)21-30(27)37)34(42)23-41(32-13-9-8-12-31(32)38)46(44,45)29-18-14-24(2)15-19-29/h5-19,21,25,33H,4,20,22-23H2,1-3H3,(H,39,43)/t25-,33+/m0/s1. The minimum absolute atomic E-state index is 0.114. The molecule has 0 fully saturated rings. The molecule has 242 valence electrons. The number of hydrogen-bond donors (Lipinski definition) is 1. The van der Waals surface area contributed by atoms with Gasteiger partial charge in [-0.05, 0) is 67.8 Å². The molecule has 4 aromatic rings. The number of rotatable bonds is 13. The summed E-state index contributed by atoms with van der Waals surface area (Å²) in [5.41, 5.74) is 1.80. The Balaban J connectivity index is 1.84. The summed E-state index contributed by atoms with van der Waals surface area (Å²) in [5, 5.41) is 3.63. The SMILES string of the molecule is CC[C@H](C)NC(=O)[C@@H](Cc1ccccc1)N(Cc1ccc(Cl)cc1Cl)C(=O)CN(c1ccccc1F)S(=O)(=O)c1ccc(C)cc1. The maximum absolute atomic E-state index is 15.3. The molecule has 0 radical (unpaired) electrons. The van der Waals surface area contributed by atoms with Gasteiger partial charge in [0.1, 0.15) is 18.4 Å². The number of carbonyl (C=O) groups excluding carboxylic acids is 2. The van der Waals surface area contributed by atoms with E-state index in [4.69, 9.17) is 23.2 Å². The summed E-state index contributed by atoms with van der Waals surface area (Å²) in [6.45, 7) is 4.66. The number of halogens is 3. The van der Waals surface area contributed by atoms with Crippen molar-refractivity contribution >= 4 is 50.7 Å². The van der Waals surface area contributed by atoms with Gasteiger partial charge in [-0.15, -0.1) is 0 Å². The number of nitrogens with zero attached hydrogens (tertiary/aromatic N) is 2. The van der Waals surface area contributed by atoms with Crippen LogP contribution in [-0.4, -0.2) is 43.8 Å². The molecule has 1 N–H and O–H groups in total. The van der Waals surface area contributed by atoms with Crippen LogP contribution in [0.2, 0.25) is 10.0 Å². The first-order valence-corrected chi connectivity index (χ1v) is 17.0. The number of sulfonamides is 1. The third-order valence-corrected chi connectivity index (χ3v) is 10.00. The molecule has 11 heteroatoms. The fraction of sp³-hybridized carbons (Fsp3) is 0.257. The predicted molar refractivity (Wildman–Crippen MR) is 181 cm³/mol. The number of amides is 2. The average Bonchev–Trinajstić information content (AvgIpc) is 3.03. The second-order valence-electron chi connectivity index (χ2n) is 11.1. The van der Waals surface area contributed by atoms with Crippen molar-refractivity contribution in [2.45, 2.75) is 57.1 Å². The van der Waals surface area contributed by atoms with Crippen molar-refractivity contribution < 1.29 is 22.4 Å². The zero-order chi connectivity index (χ0) is 33.4. The van der Waals surface area contributed by atoms with E-state index in [0.29, 0.717) is 17.0 Å². The Morgan fingerprint density at radius 2 is 1.57 bits per heavy atom. The number of hydrogen-bond acceptors (Lipinski definition) is 4. The Hall–Kier alpha value is -3.92. The topological polar surface area (TPSA) is 86.8 Å². The Morgan fingerprint density at radius 1 is 0.913 bits per heavy atom. The van der Waals surface area contributed by atoms with Crippen LogP contribution in [0.15, 0.2) is 102 Å². The fourth-order valence-electron chi connectivity index (χ4n) is 4.83. The molecular weight excluding hydrogens is 648 g/mol. The monoisotopic (exact) mass is 683 g/mol. The summed E-state index contributed by atoms with van der Waals surface area (Å²) in [6.07, 6.45) is 0.779. The Morgan fingerprint density at radius 3 is 2.20 bits per heavy atom. The molecule has 7 nitrogen and oxygen atoms in total. The van der Waals surface area contributed by atoms with Crippen molar-refractivity contribution in [3.63, 3.8) is 0 Å². The van der Waals surface area contributed by atoms with Crippen molar-refractivity contribution in [2.75, 3.05) is 10.8 Å². The lowest BCUT2D eigenvalue weighted by molar-refractivity contribution is -0.140. The fourth-order valence-corrected chi connectivity index (χ4v) is 6.72. The third-order valence-electron chi connectivity index (χ3n) is 7.64. The first-order chi connectivity index (χ1) is 21.9. The molecule has 0 aliphatic heterocycles. The van der Waals surface area contributed by atoms with Crippen molar-refractivity contribution in [3.8, 4) is 0 Å². The average molecular weight is 685 g/mol. The Bertz CT molecular complexity index is 1770. The number of benzene rings is 4. The molecule has 4 rings (SSSR count). The molecule has 0 saturated carbocycles. The smallest absolute Gasteiger partial charge is 0.264 e. The Kier molecular flexibility index (Phi) is 11.8. The summed E-state index contributed by atoms with van der Waals surface area (Å²) >= 11 is 12.7. The first kappa shape index (κ1) is 34.9. The van der Waals surface area contributed by atoms with E-state index in [1.165, 1.54) is 41.3 Å². The van der Waals surface area contributed by atoms with Gasteiger partial charge >= 0.3 is 0 Å². The second-order valence-corrected chi connectivity index (χ2v) is 13.8. The lowest BCUT2D eigenvalue weighted by Crippen LogP contribution is -2.54. The number of nitrogens with one attached hydrogen (secondary N) is 1. The van der Waals surface area contributed by atoms with Crippen LogP contribution in [0, 0.1) is 12.7 Å². The molecule has 0 bridgehead atoms. The van der Waals surface area contributed by atoms with Gasteiger partial charge in [0.15, 0.2) is 0 Å². The number of carbonyl (C=O) groups is 2. The minimum atomic E-state index is -4.43. The van der Waals surface area contributed by atoms with Gasteiger partial charge < -0.3 is 10.2 Å². The van der Waals surface area contributed by atoms with E-state index >= 15 is 4.39 Å². The summed E-state index contributed by atoms with van der Waals surface area (Å²) in [6, 6.07) is 24.1. The summed E-state index contributed by atoms with van der Waals surface area (Å²) in [4.78, 5) is 29.6. The Labute approximate surface area is 280 Å². The second kappa shape index (κ2) is 15.6. The molecule has 0 unspecified atom stereocenters. The molecular formula is C35H36Cl2FN3O4S. The maximum atomic E-state index is 15.3. The van der Waals surface area contributed by atoms with Crippen LogP contribution in [-0.2, 0) is 32.6 Å². The highest BCUT2D eigenvalue weighted by Crippen LogP contribution is 2.29. The van der Waals surface area contributed by atoms with Crippen LogP contribution in [0.3, 0.4) is 0 Å². The predicted octanol–water partition coefficient (Wildman–Crippen LogP) is 7.19. The molecule has 4 aromatic carbocycles. The third kappa shape index (κ3) is 8.66. The quantitative estimate of drug-likeness (QED) is 0.162. The first-order valence-electron chi connectivity index (χ1n) is 14.8. The largest absolute Gasteiger partial charge is 0.352 e. The number of anilines is 1. The van der Waals surface area contributed by atoms with E-state index in [9.17, 15) is 18.0 Å². The molecule has 0 spiro atoms. The van der Waals surface area contributed by atoms with E-state index in [1.54, 1.807) is 24.3 Å². The highest BCUT2D eigenvalue weighted by Gasteiger charge is 2.36. The molecule has 0 aliphatic carbocycles. The van der Waals surface area contributed by atoms with Gasteiger partial charge in [0.25, 0.3) is 10.0 Å². The molecule has 2 amide bonds. The zero-order valence-electron chi connectivity index (χ0n) is 25.8. The maximum Gasteiger partial charge on any atom is 0.264 e. The lowest BCUT2D eigenvalue weighted by Gasteiger charge is -2.34. The number of aryl methyl sites for hydroxylation is 1. The summed E-state index contributed by atoms with van der Waals surface area (Å²) in [5.74, 6) is -1.98. The van der Waals surface area contributed by atoms with Crippen LogP contribution in [0.25, 0.3) is 0 Å². The van der Waals surface area contributed by atoms with E-state index in [-0.39, 0.29) is 34.6 Å². The van der Waals surface area contributed by atoms with Gasteiger partial charge in [-0.25, -0.2) is 12.8 Å². The van der Waals surface area contributed by atoms with Crippen molar-refractivity contribution in [3.05, 3.63) is 130 Å². The summed E-state index contributed by atoms with van der Waals surface area (Å²) in [7, 11) is -4.43. The van der Waals surface area contributed by atoms with Crippen molar-refractivity contribution in [1.29, 1.82) is 0 Å². The van der Waals surface area contributed by atoms with Crippen LogP contribution >= 0.6 is 23.2 Å². The van der Waals surface area contributed by atoms with Gasteiger partial charge in [0.2, 0.25) is 11.8 Å². The zero-order valence-corrected chi connectivity index (χ0v) is 28.1. The highest BCUT2D eigenvalue weighted by atomic mass is 35.5. The van der Waals surface area contributed by atoms with Gasteiger partial charge in [0, 0.05) is 29.1 Å². The van der Waals surface area contributed by atoms with Gasteiger partial charge in [0.05, 0.1) is 10.6 Å². The van der Waals surface area contributed by atoms with Gasteiger partial charge in [-0.1, -0.05) is 96.4 Å². The molecule has 0 aromatic heterocycles. The van der Waals surface area contributed by atoms with E-state index in [2.05, 4.69) is 5.32 Å². The van der Waals surface area contributed by atoms with Gasteiger partial charge in [-0.3, -0.25) is 13.9 Å². The molecule has 0 saturated heterocycles. The van der Waals surface area contributed by atoms with Crippen LogP contribution in [0.1, 0.15) is 37.0 Å². The van der Waals surface area contributed by atoms with Gasteiger partial charge in [-0.2, -0.15) is 0 Å². The summed E-state index contributed by atoms with van der Waals surface area (Å²) < 4.78 is 44.1. The van der Waals surface area contributed by atoms with E-state index < -0.39 is 40.2 Å². The number of para-hydroxylation sites is 1. The molecule has 0 aliphatic rings. The molecule has 46 heavy (non-hydrogen) atoms. The van der Waals surface area contributed by atoms with Crippen LogP contribution in [0.5, 0.6) is 0 Å². The highest BCUT2D eigenvalue weighted by molar-refractivity contribution is 7.92. The van der Waals surface area contributed by atoms with E-state index in [1.807, 2.05) is 51.1 Å². The molecule has 0 heterocycles. The normalized spacial score (nSPS) is 12.7. The van der Waals surface area contributed by atoms with Crippen LogP contribution in [0.4, 0.5) is 10.1 Å². The van der Waals surface area contributed by atoms with Crippen molar-refractivity contribution in [2.24, 2.45) is 0 Å². The van der Waals surface area contributed by atoms with E-state index in [0.717, 1.165) is 21.5 Å². The lowest BCUT2D eigenvalue weighted by atomic mass is 10.0. The minimum Gasteiger partial charge on any atom is -0.352 e. The molecule has 2 atom stereocenters. The van der Waals surface area contributed by atoms with Crippen LogP contribution < -0.4 is 9.62 Å². The van der Waals surface area contributed by atoms with Crippen molar-refractivity contribution in [1.82, 2.24) is 10.2 Å².